The number of carbonyl (C=O) groups is 1. The van der Waals surface area contributed by atoms with Gasteiger partial charge in [0.05, 0.1) is 30.6 Å². The Kier molecular flexibility index (Phi) is 6.35. The van der Waals surface area contributed by atoms with Crippen LogP contribution in [0.25, 0.3) is 0 Å². The normalized spacial score (nSPS) is 10.3. The highest BCUT2D eigenvalue weighted by atomic mass is 16.5. The topological polar surface area (TPSA) is 76.1 Å². The molecule has 2 N–H and O–H groups in total. The Balaban J connectivity index is 1.50. The van der Waals surface area contributed by atoms with Crippen LogP contribution in [0.2, 0.25) is 0 Å². The smallest absolute Gasteiger partial charge is 0.252 e. The summed E-state index contributed by atoms with van der Waals surface area (Å²) in [4.78, 5) is 20.8. The maximum absolute atomic E-state index is 12.4. The maximum atomic E-state index is 12.4. The Hall–Kier alpha value is -3.41. The van der Waals surface area contributed by atoms with E-state index in [-0.39, 0.29) is 5.91 Å². The number of nitrogens with one attached hydrogen (secondary N) is 2. The van der Waals surface area contributed by atoms with E-state index in [4.69, 9.17) is 4.74 Å². The molecule has 0 spiro atoms. The Morgan fingerprint density at radius 1 is 1.11 bits per heavy atom. The first-order valence-electron chi connectivity index (χ1n) is 8.74. The lowest BCUT2D eigenvalue weighted by atomic mass is 10.1. The number of hydrogen-bond acceptors (Lipinski definition) is 5. The summed E-state index contributed by atoms with van der Waals surface area (Å²) in [7, 11) is 1.64. The molecule has 0 saturated carbocycles. The van der Waals surface area contributed by atoms with Gasteiger partial charge in [-0.05, 0) is 42.3 Å². The molecule has 6 nitrogen and oxygen atoms in total. The Morgan fingerprint density at radius 3 is 2.70 bits per heavy atom. The van der Waals surface area contributed by atoms with Gasteiger partial charge in [-0.1, -0.05) is 18.2 Å². The fourth-order valence-corrected chi connectivity index (χ4v) is 2.57. The van der Waals surface area contributed by atoms with Crippen LogP contribution in [0.4, 0.5) is 5.69 Å². The van der Waals surface area contributed by atoms with Crippen molar-refractivity contribution in [2.24, 2.45) is 0 Å². The number of benzene rings is 1. The molecule has 6 heteroatoms. The van der Waals surface area contributed by atoms with Crippen molar-refractivity contribution in [3.05, 3.63) is 83.9 Å². The first kappa shape index (κ1) is 18.4. The quantitative estimate of drug-likeness (QED) is 0.644. The molecule has 2 heterocycles. The average Bonchev–Trinajstić information content (AvgIpc) is 2.73. The number of amides is 1. The highest BCUT2D eigenvalue weighted by Crippen LogP contribution is 2.12. The molecular weight excluding hydrogens is 340 g/mol. The number of methoxy groups -OCH3 is 1. The minimum Gasteiger partial charge on any atom is -0.497 e. The summed E-state index contributed by atoms with van der Waals surface area (Å²) >= 11 is 0. The van der Waals surface area contributed by atoms with E-state index >= 15 is 0 Å². The van der Waals surface area contributed by atoms with Crippen molar-refractivity contribution in [2.75, 3.05) is 19.0 Å². The molecule has 0 aliphatic heterocycles. The molecule has 3 rings (SSSR count). The summed E-state index contributed by atoms with van der Waals surface area (Å²) in [5, 5.41) is 6.16. The minimum absolute atomic E-state index is 0.141. The molecule has 1 aromatic carbocycles. The zero-order chi connectivity index (χ0) is 18.9. The molecule has 27 heavy (non-hydrogen) atoms. The number of hydrogen-bond donors (Lipinski definition) is 2. The van der Waals surface area contributed by atoms with Crippen molar-refractivity contribution in [3.63, 3.8) is 0 Å². The minimum atomic E-state index is -0.141. The largest absolute Gasteiger partial charge is 0.497 e. The van der Waals surface area contributed by atoms with Crippen LogP contribution < -0.4 is 15.4 Å². The van der Waals surface area contributed by atoms with Crippen LogP contribution >= 0.6 is 0 Å². The second-order valence-electron chi connectivity index (χ2n) is 5.99. The number of rotatable bonds is 8. The van der Waals surface area contributed by atoms with Gasteiger partial charge in [0.15, 0.2) is 0 Å². The lowest BCUT2D eigenvalue weighted by molar-refractivity contribution is 0.0954. The monoisotopic (exact) mass is 362 g/mol. The van der Waals surface area contributed by atoms with E-state index in [1.807, 2.05) is 42.5 Å². The number of pyridine rings is 2. The second kappa shape index (κ2) is 9.33. The lowest BCUT2D eigenvalue weighted by Gasteiger charge is -2.09. The average molecular weight is 362 g/mol. The molecule has 0 saturated heterocycles. The van der Waals surface area contributed by atoms with Crippen LogP contribution in [0, 0.1) is 0 Å². The molecule has 138 valence electrons. The molecule has 0 unspecified atom stereocenters. The van der Waals surface area contributed by atoms with E-state index in [1.165, 1.54) is 0 Å². The van der Waals surface area contributed by atoms with Gasteiger partial charge in [0, 0.05) is 25.1 Å². The molecular formula is C21H22N4O2. The van der Waals surface area contributed by atoms with Crippen molar-refractivity contribution in [2.45, 2.75) is 13.0 Å². The maximum Gasteiger partial charge on any atom is 0.252 e. The molecule has 0 aliphatic rings. The van der Waals surface area contributed by atoms with E-state index in [0.29, 0.717) is 18.7 Å². The number of carbonyl (C=O) groups excluding carboxylic acids is 1. The van der Waals surface area contributed by atoms with Crippen molar-refractivity contribution in [3.8, 4) is 5.75 Å². The Morgan fingerprint density at radius 2 is 1.96 bits per heavy atom. The molecule has 0 fully saturated rings. The van der Waals surface area contributed by atoms with Crippen molar-refractivity contribution in [1.82, 2.24) is 15.3 Å². The molecule has 0 radical (unpaired) electrons. The fraction of sp³-hybridized carbons (Fsp3) is 0.190. The first-order chi connectivity index (χ1) is 13.2. The van der Waals surface area contributed by atoms with E-state index in [0.717, 1.165) is 29.1 Å². The molecule has 1 amide bonds. The third kappa shape index (κ3) is 5.54. The molecule has 0 bridgehead atoms. The van der Waals surface area contributed by atoms with Gasteiger partial charge in [0.25, 0.3) is 5.91 Å². The third-order valence-electron chi connectivity index (χ3n) is 4.06. The lowest BCUT2D eigenvalue weighted by Crippen LogP contribution is -2.25. The van der Waals surface area contributed by atoms with Gasteiger partial charge >= 0.3 is 0 Å². The summed E-state index contributed by atoms with van der Waals surface area (Å²) in [5.74, 6) is 0.682. The van der Waals surface area contributed by atoms with Crippen LogP contribution in [0.5, 0.6) is 5.75 Å². The van der Waals surface area contributed by atoms with Gasteiger partial charge < -0.3 is 15.4 Å². The van der Waals surface area contributed by atoms with Gasteiger partial charge in [-0.3, -0.25) is 14.8 Å². The van der Waals surface area contributed by atoms with Crippen molar-refractivity contribution in [1.29, 1.82) is 0 Å². The first-order valence-corrected chi connectivity index (χ1v) is 8.74. The van der Waals surface area contributed by atoms with Gasteiger partial charge in [-0.25, -0.2) is 0 Å². The van der Waals surface area contributed by atoms with Crippen LogP contribution in [0.15, 0.2) is 67.1 Å². The van der Waals surface area contributed by atoms with Gasteiger partial charge in [0.1, 0.15) is 5.75 Å². The molecule has 2 aromatic heterocycles. The predicted molar refractivity (Wildman–Crippen MR) is 105 cm³/mol. The summed E-state index contributed by atoms with van der Waals surface area (Å²) in [6.45, 7) is 1.13. The molecule has 3 aromatic rings. The highest BCUT2D eigenvalue weighted by molar-refractivity contribution is 5.94. The molecule has 0 aliphatic carbocycles. The van der Waals surface area contributed by atoms with Crippen molar-refractivity contribution >= 4 is 11.6 Å². The van der Waals surface area contributed by atoms with Crippen LogP contribution in [0.3, 0.4) is 0 Å². The summed E-state index contributed by atoms with van der Waals surface area (Å²) in [6, 6.07) is 15.4. The SMILES string of the molecule is COc1ccc(CCNC(=O)c2cncc(NCc3ccccn3)c2)cc1. The number of ether oxygens (including phenoxy) is 1. The third-order valence-corrected chi connectivity index (χ3v) is 4.06. The zero-order valence-electron chi connectivity index (χ0n) is 15.2. The second-order valence-corrected chi connectivity index (χ2v) is 5.99. The van der Waals surface area contributed by atoms with Gasteiger partial charge in [0.2, 0.25) is 0 Å². The summed E-state index contributed by atoms with van der Waals surface area (Å²) in [6.07, 6.45) is 5.76. The predicted octanol–water partition coefficient (Wildman–Crippen LogP) is 3.07. The zero-order valence-corrected chi connectivity index (χ0v) is 15.2. The van der Waals surface area contributed by atoms with Crippen LogP contribution in [0.1, 0.15) is 21.6 Å². The van der Waals surface area contributed by atoms with E-state index in [9.17, 15) is 4.79 Å². The highest BCUT2D eigenvalue weighted by Gasteiger charge is 2.07. The number of anilines is 1. The van der Waals surface area contributed by atoms with Gasteiger partial charge in [-0.15, -0.1) is 0 Å². The summed E-state index contributed by atoms with van der Waals surface area (Å²) < 4.78 is 5.14. The molecule has 0 atom stereocenters. The summed E-state index contributed by atoms with van der Waals surface area (Å²) in [5.41, 5.74) is 3.37. The Bertz CT molecular complexity index is 867. The van der Waals surface area contributed by atoms with Crippen LogP contribution in [-0.4, -0.2) is 29.5 Å². The number of nitrogens with zero attached hydrogens (tertiary/aromatic N) is 2. The van der Waals surface area contributed by atoms with Gasteiger partial charge in [-0.2, -0.15) is 0 Å². The fourth-order valence-electron chi connectivity index (χ4n) is 2.57. The van der Waals surface area contributed by atoms with Crippen molar-refractivity contribution < 1.29 is 9.53 Å². The van der Waals surface area contributed by atoms with E-state index < -0.39 is 0 Å². The van der Waals surface area contributed by atoms with E-state index in [2.05, 4.69) is 20.6 Å². The Labute approximate surface area is 158 Å². The van der Waals surface area contributed by atoms with E-state index in [1.54, 1.807) is 31.8 Å². The standard InChI is InChI=1S/C21H22N4O2/c1-27-20-7-5-16(6-8-20)9-11-24-21(26)17-12-19(14-22-13-17)25-15-18-4-2-3-10-23-18/h2-8,10,12-14,25H,9,11,15H2,1H3,(H,24,26). The number of aromatic nitrogens is 2. The van der Waals surface area contributed by atoms with Crippen LogP contribution in [-0.2, 0) is 13.0 Å².